The summed E-state index contributed by atoms with van der Waals surface area (Å²) in [5, 5.41) is 13.4. The van der Waals surface area contributed by atoms with Gasteiger partial charge in [0.25, 0.3) is 17.2 Å². The van der Waals surface area contributed by atoms with E-state index in [1.165, 1.54) is 34.4 Å². The first-order chi connectivity index (χ1) is 16.3. The molecule has 0 spiro atoms. The number of carboxylic acid groups (broad SMARTS) is 1. The summed E-state index contributed by atoms with van der Waals surface area (Å²) < 4.78 is 2.98. The van der Waals surface area contributed by atoms with Crippen molar-refractivity contribution >= 4 is 52.5 Å². The van der Waals surface area contributed by atoms with Crippen LogP contribution < -0.4 is 10.5 Å². The van der Waals surface area contributed by atoms with E-state index in [-0.39, 0.29) is 5.91 Å². The highest BCUT2D eigenvalue weighted by Gasteiger charge is 2.29. The molecule has 9 nitrogen and oxygen atoms in total. The Morgan fingerprint density at radius 1 is 1.26 bits per heavy atom. The second kappa shape index (κ2) is 10.0. The molecule has 0 atom stereocenters. The topological polar surface area (TPSA) is 114 Å². The zero-order valence-electron chi connectivity index (χ0n) is 19.7. The molecule has 184 valence electrons. The third kappa shape index (κ3) is 5.77. The van der Waals surface area contributed by atoms with E-state index in [0.29, 0.717) is 33.5 Å². The fraction of sp³-hybridized carbons (Fsp3) is 0.292. The lowest BCUT2D eigenvalue weighted by Crippen LogP contribution is -2.31. The largest absolute Gasteiger partial charge is 0.475 e. The highest BCUT2D eigenvalue weighted by molar-refractivity contribution is 7.16. The number of Topliss-reactive ketones (excluding diaryl/α,β-unsaturated/α-hetero) is 1. The molecule has 3 heterocycles. The molecule has 0 amide bonds. The van der Waals surface area contributed by atoms with Crippen LogP contribution in [0.25, 0.3) is 17.3 Å². The first-order valence-electron chi connectivity index (χ1n) is 10.6. The van der Waals surface area contributed by atoms with Gasteiger partial charge in [0.15, 0.2) is 0 Å². The number of rotatable bonds is 8. The number of pyridine rings is 1. The number of carbonyl (C=O) groups is 3. The smallest absolute Gasteiger partial charge is 0.374 e. The van der Waals surface area contributed by atoms with Crippen LogP contribution in [-0.2, 0) is 22.7 Å². The summed E-state index contributed by atoms with van der Waals surface area (Å²) in [6.45, 7) is 8.99. The molecule has 3 aromatic heterocycles. The van der Waals surface area contributed by atoms with Crippen LogP contribution in [0, 0.1) is 5.41 Å². The van der Waals surface area contributed by atoms with Gasteiger partial charge in [-0.1, -0.05) is 45.0 Å². The average molecular weight is 517 g/mol. The van der Waals surface area contributed by atoms with Crippen molar-refractivity contribution < 1.29 is 19.5 Å². The minimum absolute atomic E-state index is 0.240. The Morgan fingerprint density at radius 2 is 1.94 bits per heavy atom. The molecule has 3 rings (SSSR count). The minimum Gasteiger partial charge on any atom is -0.475 e. The van der Waals surface area contributed by atoms with Crippen LogP contribution in [0.4, 0.5) is 5.82 Å². The summed E-state index contributed by atoms with van der Waals surface area (Å²) in [4.78, 5) is 51.3. The fourth-order valence-electron chi connectivity index (χ4n) is 3.31. The van der Waals surface area contributed by atoms with E-state index in [9.17, 15) is 19.2 Å². The number of carbonyl (C=O) groups excluding carboxylic acids is 2. The Morgan fingerprint density at radius 3 is 2.49 bits per heavy atom. The molecule has 0 bridgehead atoms. The van der Waals surface area contributed by atoms with Crippen molar-refractivity contribution in [1.29, 1.82) is 0 Å². The van der Waals surface area contributed by atoms with Crippen LogP contribution in [0.15, 0.2) is 41.8 Å². The Bertz CT molecular complexity index is 1380. The third-order valence-corrected chi connectivity index (χ3v) is 6.36. The number of ketones is 1. The number of hydrogen-bond donors (Lipinski definition) is 1. The van der Waals surface area contributed by atoms with Gasteiger partial charge in [0.1, 0.15) is 5.82 Å². The van der Waals surface area contributed by atoms with E-state index in [0.717, 1.165) is 9.44 Å². The predicted octanol–water partition coefficient (Wildman–Crippen LogP) is 4.05. The van der Waals surface area contributed by atoms with E-state index in [1.807, 2.05) is 18.0 Å². The quantitative estimate of drug-likeness (QED) is 0.449. The van der Waals surface area contributed by atoms with Crippen LogP contribution in [0.3, 0.4) is 0 Å². The van der Waals surface area contributed by atoms with Crippen molar-refractivity contribution in [3.63, 3.8) is 0 Å². The van der Waals surface area contributed by atoms with Gasteiger partial charge in [-0.3, -0.25) is 14.4 Å². The summed E-state index contributed by atoms with van der Waals surface area (Å²) >= 11 is 7.49. The van der Waals surface area contributed by atoms with Gasteiger partial charge in [0.05, 0.1) is 23.1 Å². The van der Waals surface area contributed by atoms with Gasteiger partial charge in [-0.15, -0.1) is 11.3 Å². The molecule has 0 aliphatic heterocycles. The van der Waals surface area contributed by atoms with E-state index in [2.05, 4.69) is 11.7 Å². The predicted molar refractivity (Wildman–Crippen MR) is 136 cm³/mol. The molecule has 0 unspecified atom stereocenters. The molecule has 0 aromatic carbocycles. The Hall–Kier alpha value is -3.50. The maximum absolute atomic E-state index is 13.2. The number of hydrogen-bond acceptors (Lipinski definition) is 7. The number of thiophene rings is 1. The lowest BCUT2D eigenvalue weighted by Gasteiger charge is -2.22. The molecule has 0 radical (unpaired) electrons. The van der Waals surface area contributed by atoms with Crippen molar-refractivity contribution in [2.45, 2.75) is 33.9 Å². The minimum atomic E-state index is -1.62. The summed E-state index contributed by atoms with van der Waals surface area (Å²) in [6.07, 6.45) is 2.82. The fourth-order valence-corrected chi connectivity index (χ4v) is 4.46. The average Bonchev–Trinajstić information content (AvgIpc) is 3.39. The molecule has 0 fully saturated rings. The zero-order chi connectivity index (χ0) is 26.1. The van der Waals surface area contributed by atoms with E-state index in [4.69, 9.17) is 16.7 Å². The van der Waals surface area contributed by atoms with Crippen LogP contribution in [0.5, 0.6) is 0 Å². The van der Waals surface area contributed by atoms with Gasteiger partial charge in [-0.05, 0) is 17.7 Å². The molecule has 0 aliphatic carbocycles. The molecule has 0 aliphatic rings. The first kappa shape index (κ1) is 26.1. The van der Waals surface area contributed by atoms with Gasteiger partial charge >= 0.3 is 5.97 Å². The van der Waals surface area contributed by atoms with Gasteiger partial charge < -0.3 is 14.6 Å². The third-order valence-electron chi connectivity index (χ3n) is 5.14. The highest BCUT2D eigenvalue weighted by Crippen LogP contribution is 2.31. The standard InChI is InChI=1S/C24H25ClN4O5S/c1-6-14-11-28(13-18(30)22(32)33)21(31)9-16(14)17-10-20(29(26-17)23(34)24(2,3)4)27(5)12-15-7-8-19(25)35-15/h6-11H,1,12-13H2,2-5H3,(H,32,33). The summed E-state index contributed by atoms with van der Waals surface area (Å²) in [6, 6.07) is 6.67. The summed E-state index contributed by atoms with van der Waals surface area (Å²) in [7, 11) is 1.82. The van der Waals surface area contributed by atoms with Gasteiger partial charge in [0.2, 0.25) is 0 Å². The molecule has 3 aromatic rings. The van der Waals surface area contributed by atoms with Crippen molar-refractivity contribution in [3.8, 4) is 11.3 Å². The van der Waals surface area contributed by atoms with Gasteiger partial charge in [-0.2, -0.15) is 9.78 Å². The van der Waals surface area contributed by atoms with Gasteiger partial charge in [0, 0.05) is 41.2 Å². The molecule has 11 heteroatoms. The van der Waals surface area contributed by atoms with E-state index < -0.39 is 29.3 Å². The van der Waals surface area contributed by atoms with Crippen molar-refractivity contribution in [1.82, 2.24) is 14.3 Å². The molecule has 1 N–H and O–H groups in total. The Labute approximate surface area is 210 Å². The summed E-state index contributed by atoms with van der Waals surface area (Å²) in [5.41, 5.74) is -0.0990. The van der Waals surface area contributed by atoms with Crippen molar-refractivity contribution in [3.05, 3.63) is 62.2 Å². The SMILES string of the molecule is C=Cc1cn(CC(=O)C(=O)O)c(=O)cc1-c1cc(N(C)Cc2ccc(Cl)s2)n(C(=O)C(C)(C)C)n1. The summed E-state index contributed by atoms with van der Waals surface area (Å²) in [5.74, 6) is -2.46. The number of nitrogens with zero attached hydrogens (tertiary/aromatic N) is 4. The van der Waals surface area contributed by atoms with E-state index >= 15 is 0 Å². The van der Waals surface area contributed by atoms with Crippen molar-refractivity contribution in [2.75, 3.05) is 11.9 Å². The molecule has 35 heavy (non-hydrogen) atoms. The van der Waals surface area contributed by atoms with Crippen LogP contribution >= 0.6 is 22.9 Å². The van der Waals surface area contributed by atoms with Crippen LogP contribution in [0.1, 0.15) is 36.0 Å². The monoisotopic (exact) mass is 516 g/mol. The molecular weight excluding hydrogens is 492 g/mol. The molecule has 0 saturated carbocycles. The lowest BCUT2D eigenvalue weighted by atomic mass is 9.96. The van der Waals surface area contributed by atoms with Crippen LogP contribution in [0.2, 0.25) is 4.34 Å². The van der Waals surface area contributed by atoms with Crippen LogP contribution in [-0.4, -0.2) is 44.2 Å². The maximum Gasteiger partial charge on any atom is 0.374 e. The number of carboxylic acids is 1. The maximum atomic E-state index is 13.2. The number of anilines is 1. The zero-order valence-corrected chi connectivity index (χ0v) is 21.3. The second-order valence-corrected chi connectivity index (χ2v) is 10.8. The Kier molecular flexibility index (Phi) is 7.47. The normalized spacial score (nSPS) is 11.3. The lowest BCUT2D eigenvalue weighted by molar-refractivity contribution is -0.149. The van der Waals surface area contributed by atoms with E-state index in [1.54, 1.807) is 32.9 Å². The number of aliphatic carboxylic acids is 1. The number of halogens is 1. The molecule has 0 saturated heterocycles. The first-order valence-corrected chi connectivity index (χ1v) is 11.7. The van der Waals surface area contributed by atoms with Gasteiger partial charge in [-0.25, -0.2) is 4.79 Å². The highest BCUT2D eigenvalue weighted by atomic mass is 35.5. The Balaban J connectivity index is 2.11. The second-order valence-electron chi connectivity index (χ2n) is 8.96. The molecular formula is C24H25ClN4O5S. The number of aromatic nitrogens is 3. The van der Waals surface area contributed by atoms with Crippen molar-refractivity contribution in [2.24, 2.45) is 5.41 Å².